The zero-order valence-corrected chi connectivity index (χ0v) is 12.6. The van der Waals surface area contributed by atoms with E-state index >= 15 is 0 Å². The summed E-state index contributed by atoms with van der Waals surface area (Å²) < 4.78 is 48.1. The summed E-state index contributed by atoms with van der Waals surface area (Å²) in [7, 11) is 0. The summed E-state index contributed by atoms with van der Waals surface area (Å²) >= 11 is 5.92. The highest BCUT2D eigenvalue weighted by Gasteiger charge is 2.40. The van der Waals surface area contributed by atoms with Crippen LogP contribution in [0.15, 0.2) is 12.1 Å². The number of carbonyl (C=O) groups is 1. The molecule has 0 unspecified atom stereocenters. The molecule has 0 radical (unpaired) electrons. The van der Waals surface area contributed by atoms with Gasteiger partial charge in [0.2, 0.25) is 0 Å². The second-order valence-corrected chi connectivity index (χ2v) is 5.16. The van der Waals surface area contributed by atoms with Gasteiger partial charge in [-0.2, -0.15) is 13.2 Å². The molecule has 0 aliphatic rings. The molecule has 118 valence electrons. The van der Waals surface area contributed by atoms with E-state index in [2.05, 4.69) is 0 Å². The Labute approximate surface area is 126 Å². The molecule has 0 spiro atoms. The van der Waals surface area contributed by atoms with Gasteiger partial charge in [0, 0.05) is 5.56 Å². The summed E-state index contributed by atoms with van der Waals surface area (Å²) in [5.41, 5.74) is -0.576. The number of ether oxygens (including phenoxy) is 2. The third-order valence-electron chi connectivity index (χ3n) is 2.39. The minimum absolute atomic E-state index is 0.0262. The summed E-state index contributed by atoms with van der Waals surface area (Å²) in [6.07, 6.45) is -4.97. The number of carbonyl (C=O) groups excluding carboxylic acids is 1. The molecule has 0 aliphatic carbocycles. The van der Waals surface area contributed by atoms with E-state index in [1.807, 2.05) is 13.8 Å². The molecule has 0 aliphatic heterocycles. The van der Waals surface area contributed by atoms with Gasteiger partial charge in [-0.3, -0.25) is 4.79 Å². The van der Waals surface area contributed by atoms with Gasteiger partial charge in [-0.25, -0.2) is 0 Å². The molecule has 0 amide bonds. The molecule has 1 rings (SSSR count). The van der Waals surface area contributed by atoms with Crippen molar-refractivity contribution in [3.8, 4) is 11.5 Å². The molecular weight excluding hydrogens is 309 g/mol. The fourth-order valence-electron chi connectivity index (χ4n) is 1.52. The van der Waals surface area contributed by atoms with Crippen LogP contribution in [0.1, 0.15) is 31.1 Å². The summed E-state index contributed by atoms with van der Waals surface area (Å²) in [5.74, 6) is -1.60. The largest absolute Gasteiger partial charge is 0.490 e. The average Bonchev–Trinajstić information content (AvgIpc) is 2.35. The molecule has 0 atom stereocenters. The van der Waals surface area contributed by atoms with Crippen LogP contribution in [0, 0.1) is 5.92 Å². The predicted octanol–water partition coefficient (Wildman–Crippen LogP) is 4.52. The maximum atomic E-state index is 12.5. The van der Waals surface area contributed by atoms with Gasteiger partial charge in [0.1, 0.15) is 0 Å². The Morgan fingerprint density at radius 3 is 2.38 bits per heavy atom. The van der Waals surface area contributed by atoms with Crippen LogP contribution in [0.4, 0.5) is 13.2 Å². The van der Waals surface area contributed by atoms with Gasteiger partial charge in [0.15, 0.2) is 11.5 Å². The maximum absolute atomic E-state index is 12.5. The van der Waals surface area contributed by atoms with Crippen molar-refractivity contribution in [2.75, 3.05) is 13.2 Å². The van der Waals surface area contributed by atoms with Gasteiger partial charge < -0.3 is 9.47 Å². The number of ketones is 1. The first kappa shape index (κ1) is 17.6. The molecule has 0 heterocycles. The first-order valence-corrected chi connectivity index (χ1v) is 6.75. The van der Waals surface area contributed by atoms with Crippen LogP contribution in [0.5, 0.6) is 11.5 Å². The van der Waals surface area contributed by atoms with E-state index in [0.717, 1.165) is 12.1 Å². The standard InChI is InChI=1S/C14H16ClF3O3/c1-4-20-11-6-9(13(19)14(16,17)18)5-10(15)12(11)21-7-8(2)3/h5-6,8H,4,7H2,1-3H3. The third-order valence-corrected chi connectivity index (χ3v) is 2.67. The smallest absolute Gasteiger partial charge is 0.454 e. The lowest BCUT2D eigenvalue weighted by Crippen LogP contribution is -2.22. The van der Waals surface area contributed by atoms with E-state index in [1.165, 1.54) is 0 Å². The third kappa shape index (κ3) is 4.81. The van der Waals surface area contributed by atoms with E-state index in [9.17, 15) is 18.0 Å². The SMILES string of the molecule is CCOc1cc(C(=O)C(F)(F)F)cc(Cl)c1OCC(C)C. The van der Waals surface area contributed by atoms with E-state index < -0.39 is 17.5 Å². The van der Waals surface area contributed by atoms with Crippen molar-refractivity contribution in [1.29, 1.82) is 0 Å². The first-order chi connectivity index (χ1) is 9.66. The van der Waals surface area contributed by atoms with Crippen molar-refractivity contribution in [3.63, 3.8) is 0 Å². The van der Waals surface area contributed by atoms with Crippen LogP contribution < -0.4 is 9.47 Å². The lowest BCUT2D eigenvalue weighted by molar-refractivity contribution is -0.0885. The van der Waals surface area contributed by atoms with Crippen LogP contribution in [0.3, 0.4) is 0 Å². The number of benzene rings is 1. The lowest BCUT2D eigenvalue weighted by Gasteiger charge is -2.16. The Kier molecular flexibility index (Phi) is 5.89. The highest BCUT2D eigenvalue weighted by Crippen LogP contribution is 2.38. The number of Topliss-reactive ketones (excluding diaryl/α,β-unsaturated/α-hetero) is 1. The van der Waals surface area contributed by atoms with Gasteiger partial charge >= 0.3 is 6.18 Å². The summed E-state index contributed by atoms with van der Waals surface area (Å²) in [5, 5.41) is -0.0887. The fourth-order valence-corrected chi connectivity index (χ4v) is 1.78. The van der Waals surface area contributed by atoms with Gasteiger partial charge in [-0.1, -0.05) is 25.4 Å². The van der Waals surface area contributed by atoms with E-state index in [4.69, 9.17) is 21.1 Å². The number of rotatable bonds is 6. The van der Waals surface area contributed by atoms with Crippen LogP contribution in [-0.2, 0) is 0 Å². The summed E-state index contributed by atoms with van der Waals surface area (Å²) in [4.78, 5) is 11.3. The minimum atomic E-state index is -4.97. The Hall–Kier alpha value is -1.43. The normalized spacial score (nSPS) is 11.6. The number of halogens is 4. The number of alkyl halides is 3. The monoisotopic (exact) mass is 324 g/mol. The van der Waals surface area contributed by atoms with Gasteiger partial charge in [0.05, 0.1) is 18.2 Å². The number of hydrogen-bond donors (Lipinski definition) is 0. The molecule has 0 fully saturated rings. The Morgan fingerprint density at radius 1 is 1.29 bits per heavy atom. The van der Waals surface area contributed by atoms with E-state index in [1.54, 1.807) is 6.92 Å². The molecule has 3 nitrogen and oxygen atoms in total. The van der Waals surface area contributed by atoms with Gasteiger partial charge in [-0.05, 0) is 25.0 Å². The second-order valence-electron chi connectivity index (χ2n) is 4.75. The highest BCUT2D eigenvalue weighted by atomic mass is 35.5. The average molecular weight is 325 g/mol. The summed E-state index contributed by atoms with van der Waals surface area (Å²) in [6.45, 7) is 6.02. The molecule has 0 N–H and O–H groups in total. The van der Waals surface area contributed by atoms with Crippen LogP contribution >= 0.6 is 11.6 Å². The van der Waals surface area contributed by atoms with Crippen molar-refractivity contribution < 1.29 is 27.4 Å². The topological polar surface area (TPSA) is 35.5 Å². The molecule has 0 aromatic heterocycles. The van der Waals surface area contributed by atoms with Crippen molar-refractivity contribution in [2.45, 2.75) is 26.9 Å². The molecule has 0 saturated carbocycles. The van der Waals surface area contributed by atoms with Crippen LogP contribution in [0.2, 0.25) is 5.02 Å². The van der Waals surface area contributed by atoms with Crippen molar-refractivity contribution >= 4 is 17.4 Å². The molecule has 0 bridgehead atoms. The summed E-state index contributed by atoms with van der Waals surface area (Å²) in [6, 6.07) is 1.94. The van der Waals surface area contributed by atoms with Gasteiger partial charge in [-0.15, -0.1) is 0 Å². The van der Waals surface area contributed by atoms with Crippen molar-refractivity contribution in [3.05, 3.63) is 22.7 Å². The molecule has 1 aromatic carbocycles. The molecule has 21 heavy (non-hydrogen) atoms. The van der Waals surface area contributed by atoms with Crippen molar-refractivity contribution in [2.24, 2.45) is 5.92 Å². The van der Waals surface area contributed by atoms with E-state index in [-0.39, 0.29) is 29.0 Å². The zero-order valence-electron chi connectivity index (χ0n) is 11.9. The molecule has 7 heteroatoms. The minimum Gasteiger partial charge on any atom is -0.490 e. The molecule has 0 saturated heterocycles. The Morgan fingerprint density at radius 2 is 1.90 bits per heavy atom. The lowest BCUT2D eigenvalue weighted by atomic mass is 10.1. The highest BCUT2D eigenvalue weighted by molar-refractivity contribution is 6.32. The van der Waals surface area contributed by atoms with Crippen molar-refractivity contribution in [1.82, 2.24) is 0 Å². The van der Waals surface area contributed by atoms with E-state index in [0.29, 0.717) is 6.61 Å². The quantitative estimate of drug-likeness (QED) is 0.722. The maximum Gasteiger partial charge on any atom is 0.454 e. The molecule has 1 aromatic rings. The Bertz CT molecular complexity index is 513. The molecular formula is C14H16ClF3O3. The van der Waals surface area contributed by atoms with Crippen LogP contribution in [-0.4, -0.2) is 25.2 Å². The predicted molar refractivity (Wildman–Crippen MR) is 73.3 cm³/mol. The fraction of sp³-hybridized carbons (Fsp3) is 0.500. The second kappa shape index (κ2) is 7.02. The van der Waals surface area contributed by atoms with Crippen LogP contribution in [0.25, 0.3) is 0 Å². The zero-order chi connectivity index (χ0) is 16.2. The Balaban J connectivity index is 3.20. The number of hydrogen-bond acceptors (Lipinski definition) is 3. The first-order valence-electron chi connectivity index (χ1n) is 6.37. The van der Waals surface area contributed by atoms with Gasteiger partial charge in [0.25, 0.3) is 5.78 Å².